The molecule has 1 aromatic carbocycles. The highest BCUT2D eigenvalue weighted by atomic mass is 16.5. The molecule has 19 heavy (non-hydrogen) atoms. The van der Waals surface area contributed by atoms with Crippen molar-refractivity contribution < 1.29 is 9.53 Å². The monoisotopic (exact) mass is 259 g/mol. The minimum Gasteiger partial charge on any atom is -0.459 e. The number of aromatic amines is 1. The van der Waals surface area contributed by atoms with E-state index in [0.717, 1.165) is 11.4 Å². The molecule has 0 bridgehead atoms. The molecular formula is C14H17N3O2. The highest BCUT2D eigenvalue weighted by Crippen LogP contribution is 2.12. The lowest BCUT2D eigenvalue weighted by Gasteiger charge is -2.09. The lowest BCUT2D eigenvalue weighted by atomic mass is 10.2. The molecular weight excluding hydrogens is 242 g/mol. The number of benzene rings is 1. The second kappa shape index (κ2) is 6.04. The maximum atomic E-state index is 11.7. The molecule has 0 aliphatic carbocycles. The summed E-state index contributed by atoms with van der Waals surface area (Å²) in [5.74, 6) is -0.296. The largest absolute Gasteiger partial charge is 0.459 e. The lowest BCUT2D eigenvalue weighted by molar-refractivity contribution is 0.0378. The molecule has 0 aliphatic rings. The Balaban J connectivity index is 1.92. The number of aromatic nitrogens is 2. The van der Waals surface area contributed by atoms with Gasteiger partial charge in [0.05, 0.1) is 23.9 Å². The third kappa shape index (κ3) is 3.84. The van der Waals surface area contributed by atoms with Crippen LogP contribution in [0.3, 0.4) is 0 Å². The summed E-state index contributed by atoms with van der Waals surface area (Å²) in [5.41, 5.74) is 2.50. The van der Waals surface area contributed by atoms with E-state index < -0.39 is 0 Å². The standard InChI is InChI=1S/C14H17N3O2/c1-10(2)19-14(18)11-3-5-12(6-4-11)15-9-13-7-8-16-17-13/h3-8,10,15H,9H2,1-2H3,(H,16,17). The van der Waals surface area contributed by atoms with Crippen LogP contribution in [0.5, 0.6) is 0 Å². The maximum absolute atomic E-state index is 11.7. The first-order chi connectivity index (χ1) is 9.15. The number of hydrogen-bond acceptors (Lipinski definition) is 4. The van der Waals surface area contributed by atoms with E-state index in [4.69, 9.17) is 4.74 Å². The predicted octanol–water partition coefficient (Wildman–Crippen LogP) is 2.59. The Morgan fingerprint density at radius 3 is 2.63 bits per heavy atom. The third-order valence-corrected chi connectivity index (χ3v) is 2.50. The van der Waals surface area contributed by atoms with Crippen LogP contribution in [0, 0.1) is 0 Å². The number of rotatable bonds is 5. The fourth-order valence-corrected chi connectivity index (χ4v) is 1.59. The molecule has 100 valence electrons. The zero-order valence-corrected chi connectivity index (χ0v) is 11.0. The zero-order chi connectivity index (χ0) is 13.7. The van der Waals surface area contributed by atoms with E-state index in [-0.39, 0.29) is 12.1 Å². The van der Waals surface area contributed by atoms with Crippen LogP contribution in [0.25, 0.3) is 0 Å². The SMILES string of the molecule is CC(C)OC(=O)c1ccc(NCc2ccn[nH]2)cc1. The molecule has 0 radical (unpaired) electrons. The van der Waals surface area contributed by atoms with E-state index in [2.05, 4.69) is 15.5 Å². The Morgan fingerprint density at radius 1 is 1.32 bits per heavy atom. The molecule has 0 fully saturated rings. The zero-order valence-electron chi connectivity index (χ0n) is 11.0. The van der Waals surface area contributed by atoms with Gasteiger partial charge in [0.2, 0.25) is 0 Å². The first kappa shape index (κ1) is 13.1. The van der Waals surface area contributed by atoms with Crippen LogP contribution in [0.2, 0.25) is 0 Å². The van der Waals surface area contributed by atoms with Gasteiger partial charge in [-0.25, -0.2) is 4.79 Å². The average Bonchev–Trinajstić information content (AvgIpc) is 2.89. The fourth-order valence-electron chi connectivity index (χ4n) is 1.59. The van der Waals surface area contributed by atoms with Crippen molar-refractivity contribution in [3.63, 3.8) is 0 Å². The van der Waals surface area contributed by atoms with Gasteiger partial charge < -0.3 is 10.1 Å². The van der Waals surface area contributed by atoms with Crippen molar-refractivity contribution in [2.45, 2.75) is 26.5 Å². The van der Waals surface area contributed by atoms with Gasteiger partial charge in [-0.15, -0.1) is 0 Å². The number of ether oxygens (including phenoxy) is 1. The number of H-pyrrole nitrogens is 1. The van der Waals surface area contributed by atoms with Gasteiger partial charge in [0.1, 0.15) is 0 Å². The maximum Gasteiger partial charge on any atom is 0.338 e. The van der Waals surface area contributed by atoms with Gasteiger partial charge in [-0.1, -0.05) is 0 Å². The van der Waals surface area contributed by atoms with Crippen molar-refractivity contribution in [1.82, 2.24) is 10.2 Å². The molecule has 1 heterocycles. The number of hydrogen-bond donors (Lipinski definition) is 2. The molecule has 0 aliphatic heterocycles. The minimum absolute atomic E-state index is 0.106. The van der Waals surface area contributed by atoms with Crippen molar-refractivity contribution >= 4 is 11.7 Å². The van der Waals surface area contributed by atoms with Crippen LogP contribution >= 0.6 is 0 Å². The van der Waals surface area contributed by atoms with Gasteiger partial charge in [0.25, 0.3) is 0 Å². The first-order valence-electron chi connectivity index (χ1n) is 6.18. The van der Waals surface area contributed by atoms with E-state index in [1.807, 2.05) is 32.0 Å². The Labute approximate surface area is 112 Å². The summed E-state index contributed by atoms with van der Waals surface area (Å²) in [6.07, 6.45) is 1.60. The summed E-state index contributed by atoms with van der Waals surface area (Å²) >= 11 is 0. The molecule has 1 aromatic heterocycles. The van der Waals surface area contributed by atoms with Crippen molar-refractivity contribution in [2.75, 3.05) is 5.32 Å². The minimum atomic E-state index is -0.296. The number of carbonyl (C=O) groups excluding carboxylic acids is 1. The summed E-state index contributed by atoms with van der Waals surface area (Å²) in [6, 6.07) is 9.11. The van der Waals surface area contributed by atoms with Gasteiger partial charge in [0, 0.05) is 11.9 Å². The summed E-state index contributed by atoms with van der Waals surface area (Å²) in [4.78, 5) is 11.7. The molecule has 0 amide bonds. The number of esters is 1. The van der Waals surface area contributed by atoms with Crippen LogP contribution in [-0.2, 0) is 11.3 Å². The van der Waals surface area contributed by atoms with Gasteiger partial charge in [-0.2, -0.15) is 5.10 Å². The Morgan fingerprint density at radius 2 is 2.05 bits per heavy atom. The summed E-state index contributed by atoms with van der Waals surface area (Å²) in [7, 11) is 0. The quantitative estimate of drug-likeness (QED) is 0.810. The van der Waals surface area contributed by atoms with Crippen molar-refractivity contribution in [3.05, 3.63) is 47.8 Å². The fraction of sp³-hybridized carbons (Fsp3) is 0.286. The summed E-state index contributed by atoms with van der Waals surface area (Å²) in [6.45, 7) is 4.33. The van der Waals surface area contributed by atoms with E-state index in [9.17, 15) is 4.79 Å². The van der Waals surface area contributed by atoms with E-state index in [1.54, 1.807) is 18.3 Å². The normalized spacial score (nSPS) is 10.5. The first-order valence-corrected chi connectivity index (χ1v) is 6.18. The van der Waals surface area contributed by atoms with Crippen LogP contribution < -0.4 is 5.32 Å². The smallest absolute Gasteiger partial charge is 0.338 e. The predicted molar refractivity (Wildman–Crippen MR) is 72.9 cm³/mol. The molecule has 2 N–H and O–H groups in total. The summed E-state index contributed by atoms with van der Waals surface area (Å²) in [5, 5.41) is 9.98. The molecule has 2 rings (SSSR count). The van der Waals surface area contributed by atoms with Gasteiger partial charge in [0.15, 0.2) is 0 Å². The van der Waals surface area contributed by atoms with E-state index in [1.165, 1.54) is 0 Å². The second-order valence-electron chi connectivity index (χ2n) is 4.47. The van der Waals surface area contributed by atoms with E-state index >= 15 is 0 Å². The third-order valence-electron chi connectivity index (χ3n) is 2.50. The number of anilines is 1. The highest BCUT2D eigenvalue weighted by molar-refractivity contribution is 5.89. The molecule has 0 unspecified atom stereocenters. The molecule has 5 heteroatoms. The molecule has 0 saturated carbocycles. The second-order valence-corrected chi connectivity index (χ2v) is 4.47. The van der Waals surface area contributed by atoms with Crippen LogP contribution in [-0.4, -0.2) is 22.3 Å². The van der Waals surface area contributed by atoms with Gasteiger partial charge >= 0.3 is 5.97 Å². The summed E-state index contributed by atoms with van der Waals surface area (Å²) < 4.78 is 5.12. The average molecular weight is 259 g/mol. The molecule has 0 saturated heterocycles. The molecule has 5 nitrogen and oxygen atoms in total. The molecule has 2 aromatic rings. The van der Waals surface area contributed by atoms with Crippen LogP contribution in [0.1, 0.15) is 29.9 Å². The number of nitrogens with one attached hydrogen (secondary N) is 2. The Kier molecular flexibility index (Phi) is 4.18. The lowest BCUT2D eigenvalue weighted by Crippen LogP contribution is -2.11. The van der Waals surface area contributed by atoms with Crippen LogP contribution in [0.15, 0.2) is 36.5 Å². The van der Waals surface area contributed by atoms with Gasteiger partial charge in [-0.05, 0) is 44.2 Å². The Bertz CT molecular complexity index is 518. The molecule has 0 spiro atoms. The van der Waals surface area contributed by atoms with Crippen molar-refractivity contribution in [1.29, 1.82) is 0 Å². The van der Waals surface area contributed by atoms with Crippen LogP contribution in [0.4, 0.5) is 5.69 Å². The number of carbonyl (C=O) groups is 1. The Hall–Kier alpha value is -2.30. The number of nitrogens with zero attached hydrogens (tertiary/aromatic N) is 1. The highest BCUT2D eigenvalue weighted by Gasteiger charge is 2.08. The van der Waals surface area contributed by atoms with Crippen molar-refractivity contribution in [3.8, 4) is 0 Å². The topological polar surface area (TPSA) is 67.0 Å². The van der Waals surface area contributed by atoms with E-state index in [0.29, 0.717) is 12.1 Å². The van der Waals surface area contributed by atoms with Crippen molar-refractivity contribution in [2.24, 2.45) is 0 Å². The van der Waals surface area contributed by atoms with Gasteiger partial charge in [-0.3, -0.25) is 5.10 Å². The molecule has 0 atom stereocenters.